The molecule has 0 aliphatic carbocycles. The molecule has 2 amide bonds. The quantitative estimate of drug-likeness (QED) is 0.744. The molecule has 0 radical (unpaired) electrons. The van der Waals surface area contributed by atoms with Gasteiger partial charge in [-0.05, 0) is 46.1 Å². The third-order valence-corrected chi connectivity index (χ3v) is 5.43. The molecule has 2 saturated heterocycles. The van der Waals surface area contributed by atoms with E-state index in [4.69, 9.17) is 5.73 Å². The fourth-order valence-corrected chi connectivity index (χ4v) is 3.91. The molecule has 3 heterocycles. The summed E-state index contributed by atoms with van der Waals surface area (Å²) in [4.78, 5) is 33.4. The zero-order chi connectivity index (χ0) is 16.6. The number of carbonyl (C=O) groups is 2. The topological polar surface area (TPSA) is 91.0 Å². The van der Waals surface area contributed by atoms with Gasteiger partial charge in [-0.3, -0.25) is 14.9 Å². The average molecular weight is 321 g/mol. The van der Waals surface area contributed by atoms with E-state index in [0.29, 0.717) is 32.0 Å². The number of nitrogens with two attached hydrogens (primary N) is 1. The number of amides is 2. The molecular weight excluding hydrogens is 294 g/mol. The van der Waals surface area contributed by atoms with Gasteiger partial charge in [0.1, 0.15) is 5.54 Å². The minimum Gasteiger partial charge on any atom is -0.370 e. The van der Waals surface area contributed by atoms with Crippen LogP contribution in [0.5, 0.6) is 0 Å². The smallest absolute Gasteiger partial charge is 0.254 e. The average Bonchev–Trinajstić information content (AvgIpc) is 2.81. The summed E-state index contributed by atoms with van der Waals surface area (Å²) >= 11 is 0. The largest absolute Gasteiger partial charge is 0.370 e. The molecule has 3 aliphatic heterocycles. The molecule has 23 heavy (non-hydrogen) atoms. The van der Waals surface area contributed by atoms with E-state index in [2.05, 4.69) is 29.1 Å². The van der Waals surface area contributed by atoms with Crippen LogP contribution in [0.3, 0.4) is 0 Å². The highest BCUT2D eigenvalue weighted by molar-refractivity contribution is 6.06. The van der Waals surface area contributed by atoms with Gasteiger partial charge in [0.25, 0.3) is 5.91 Å². The van der Waals surface area contributed by atoms with Crippen LogP contribution in [0.15, 0.2) is 4.99 Å². The first-order valence-electron chi connectivity index (χ1n) is 8.61. The first-order valence-corrected chi connectivity index (χ1v) is 8.61. The van der Waals surface area contributed by atoms with Crippen molar-refractivity contribution in [2.24, 2.45) is 16.6 Å². The van der Waals surface area contributed by atoms with Crippen molar-refractivity contribution in [3.8, 4) is 0 Å². The van der Waals surface area contributed by atoms with Crippen molar-refractivity contribution in [1.82, 2.24) is 15.1 Å². The molecule has 2 fully saturated rings. The summed E-state index contributed by atoms with van der Waals surface area (Å²) in [5.74, 6) is 0.409. The highest BCUT2D eigenvalue weighted by Crippen LogP contribution is 2.31. The molecule has 0 saturated carbocycles. The predicted octanol–water partition coefficient (Wildman–Crippen LogP) is -0.0875. The summed E-state index contributed by atoms with van der Waals surface area (Å²) in [6.07, 6.45) is 3.17. The third kappa shape index (κ3) is 3.06. The standard InChI is InChI=1S/C16H27N5O2/c1-11(2)21-7-3-4-12(10-21)13(22)20-8-5-16(6-9-20)14(23)18-15(17)19-16/h11-12H,3-10H2,1-2H3,(H3,17,18,19,23)/t12-/m1/s1. The van der Waals surface area contributed by atoms with Gasteiger partial charge in [0, 0.05) is 25.7 Å². The van der Waals surface area contributed by atoms with Crippen LogP contribution < -0.4 is 11.1 Å². The first-order chi connectivity index (χ1) is 10.9. The van der Waals surface area contributed by atoms with Gasteiger partial charge in [0.05, 0.1) is 5.92 Å². The van der Waals surface area contributed by atoms with Gasteiger partial charge in [0.15, 0.2) is 5.96 Å². The fourth-order valence-electron chi connectivity index (χ4n) is 3.91. The lowest BCUT2D eigenvalue weighted by Crippen LogP contribution is -2.53. The Bertz CT molecular complexity index is 523. The number of aliphatic imine (C=N–C) groups is 1. The number of nitrogens with zero attached hydrogens (tertiary/aromatic N) is 3. The van der Waals surface area contributed by atoms with Crippen LogP contribution in [0, 0.1) is 5.92 Å². The Balaban J connectivity index is 1.59. The Morgan fingerprint density at radius 3 is 2.61 bits per heavy atom. The number of nitrogens with one attached hydrogen (secondary N) is 1. The molecule has 0 aromatic rings. The summed E-state index contributed by atoms with van der Waals surface area (Å²) in [7, 11) is 0. The number of carbonyl (C=O) groups excluding carboxylic acids is 2. The summed E-state index contributed by atoms with van der Waals surface area (Å²) in [5.41, 5.74) is 4.88. The van der Waals surface area contributed by atoms with E-state index in [0.717, 1.165) is 25.9 Å². The maximum atomic E-state index is 12.8. The maximum absolute atomic E-state index is 12.8. The monoisotopic (exact) mass is 321 g/mol. The minimum absolute atomic E-state index is 0.0891. The Labute approximate surface area is 137 Å². The first kappa shape index (κ1) is 16.2. The van der Waals surface area contributed by atoms with Gasteiger partial charge < -0.3 is 15.5 Å². The van der Waals surface area contributed by atoms with Crippen LogP contribution in [0.2, 0.25) is 0 Å². The van der Waals surface area contributed by atoms with Crippen molar-refractivity contribution in [2.75, 3.05) is 26.2 Å². The Hall–Kier alpha value is -1.63. The number of guanidine groups is 1. The van der Waals surface area contributed by atoms with Crippen LogP contribution in [0.4, 0.5) is 0 Å². The molecule has 3 N–H and O–H groups in total. The second-order valence-electron chi connectivity index (χ2n) is 7.24. The zero-order valence-corrected chi connectivity index (χ0v) is 14.0. The highest BCUT2D eigenvalue weighted by atomic mass is 16.2. The Kier molecular flexibility index (Phi) is 4.31. The Morgan fingerprint density at radius 1 is 1.35 bits per heavy atom. The van der Waals surface area contributed by atoms with Crippen LogP contribution in [0.25, 0.3) is 0 Å². The van der Waals surface area contributed by atoms with E-state index in [9.17, 15) is 9.59 Å². The van der Waals surface area contributed by atoms with E-state index in [1.807, 2.05) is 4.90 Å². The van der Waals surface area contributed by atoms with Gasteiger partial charge in [-0.1, -0.05) is 0 Å². The van der Waals surface area contributed by atoms with Gasteiger partial charge in [-0.15, -0.1) is 0 Å². The fraction of sp³-hybridized carbons (Fsp3) is 0.812. The second-order valence-corrected chi connectivity index (χ2v) is 7.24. The van der Waals surface area contributed by atoms with E-state index in [-0.39, 0.29) is 23.7 Å². The second kappa shape index (κ2) is 6.11. The summed E-state index contributed by atoms with van der Waals surface area (Å²) in [5, 5.41) is 2.58. The Morgan fingerprint density at radius 2 is 2.04 bits per heavy atom. The summed E-state index contributed by atoms with van der Waals surface area (Å²) < 4.78 is 0. The van der Waals surface area contributed by atoms with Crippen LogP contribution in [-0.2, 0) is 9.59 Å². The molecule has 0 aromatic heterocycles. The number of piperidine rings is 2. The van der Waals surface area contributed by atoms with E-state index < -0.39 is 5.54 Å². The number of rotatable bonds is 2. The number of hydrogen-bond acceptors (Lipinski definition) is 5. The van der Waals surface area contributed by atoms with Crippen molar-refractivity contribution in [3.05, 3.63) is 0 Å². The van der Waals surface area contributed by atoms with Crippen molar-refractivity contribution >= 4 is 17.8 Å². The third-order valence-electron chi connectivity index (χ3n) is 5.43. The predicted molar refractivity (Wildman–Crippen MR) is 87.7 cm³/mol. The van der Waals surface area contributed by atoms with E-state index in [1.54, 1.807) is 0 Å². The van der Waals surface area contributed by atoms with Crippen LogP contribution in [-0.4, -0.2) is 65.3 Å². The molecule has 128 valence electrons. The molecule has 1 spiro atoms. The SMILES string of the molecule is CC(C)N1CCC[C@@H](C(=O)N2CCC3(CC2)N=C(N)NC3=O)C1. The molecule has 1 atom stereocenters. The molecular formula is C16H27N5O2. The molecule has 0 bridgehead atoms. The lowest BCUT2D eigenvalue weighted by Gasteiger charge is -2.40. The van der Waals surface area contributed by atoms with Gasteiger partial charge in [-0.25, -0.2) is 4.99 Å². The summed E-state index contributed by atoms with van der Waals surface area (Å²) in [6.45, 7) is 7.46. The number of hydrogen-bond donors (Lipinski definition) is 2. The van der Waals surface area contributed by atoms with E-state index >= 15 is 0 Å². The molecule has 0 unspecified atom stereocenters. The van der Waals surface area contributed by atoms with Crippen LogP contribution in [0.1, 0.15) is 39.5 Å². The van der Waals surface area contributed by atoms with Gasteiger partial charge in [-0.2, -0.15) is 0 Å². The highest BCUT2D eigenvalue weighted by Gasteiger charge is 2.46. The molecule has 3 aliphatic rings. The molecule has 7 heteroatoms. The van der Waals surface area contributed by atoms with Crippen LogP contribution >= 0.6 is 0 Å². The van der Waals surface area contributed by atoms with Crippen molar-refractivity contribution in [2.45, 2.75) is 51.1 Å². The lowest BCUT2D eigenvalue weighted by molar-refractivity contribution is -0.141. The summed E-state index contributed by atoms with van der Waals surface area (Å²) in [6, 6.07) is 0.481. The molecule has 7 nitrogen and oxygen atoms in total. The minimum atomic E-state index is -0.739. The number of likely N-dealkylation sites (tertiary alicyclic amines) is 2. The normalized spacial score (nSPS) is 28.1. The molecule has 0 aromatic carbocycles. The maximum Gasteiger partial charge on any atom is 0.254 e. The van der Waals surface area contributed by atoms with Crippen molar-refractivity contribution in [3.63, 3.8) is 0 Å². The lowest BCUT2D eigenvalue weighted by atomic mass is 9.86. The molecule has 3 rings (SSSR count). The van der Waals surface area contributed by atoms with Gasteiger partial charge >= 0.3 is 0 Å². The van der Waals surface area contributed by atoms with Crippen molar-refractivity contribution in [1.29, 1.82) is 0 Å². The van der Waals surface area contributed by atoms with E-state index in [1.165, 1.54) is 0 Å². The zero-order valence-electron chi connectivity index (χ0n) is 14.0. The van der Waals surface area contributed by atoms with Crippen molar-refractivity contribution < 1.29 is 9.59 Å². The van der Waals surface area contributed by atoms with Gasteiger partial charge in [0.2, 0.25) is 5.91 Å².